The van der Waals surface area contributed by atoms with E-state index in [0.29, 0.717) is 41.8 Å². The Labute approximate surface area is 230 Å². The van der Waals surface area contributed by atoms with Gasteiger partial charge >= 0.3 is 6.18 Å². The number of Topliss-reactive ketones (excluding diaryl/α,β-unsaturated/α-hetero) is 1. The second kappa shape index (κ2) is 11.6. The molecule has 2 aromatic heterocycles. The van der Waals surface area contributed by atoms with Gasteiger partial charge in [-0.1, -0.05) is 43.7 Å². The Balaban J connectivity index is 1.62. The summed E-state index contributed by atoms with van der Waals surface area (Å²) in [5.41, 5.74) is 1.56. The van der Waals surface area contributed by atoms with Crippen molar-refractivity contribution in [1.29, 1.82) is 0 Å². The van der Waals surface area contributed by atoms with Crippen LogP contribution in [-0.2, 0) is 12.6 Å². The number of alkyl halides is 3. The van der Waals surface area contributed by atoms with Crippen molar-refractivity contribution in [3.8, 4) is 11.3 Å². The van der Waals surface area contributed by atoms with Crippen molar-refractivity contribution >= 4 is 22.6 Å². The van der Waals surface area contributed by atoms with Crippen molar-refractivity contribution in [2.24, 2.45) is 5.92 Å². The molecule has 0 unspecified atom stereocenters. The number of amides is 1. The minimum atomic E-state index is -4.66. The normalized spacial score (nSPS) is 13.4. The number of carbonyl (C=O) groups excluding carboxylic acids is 2. The van der Waals surface area contributed by atoms with E-state index in [1.165, 1.54) is 30.6 Å². The highest BCUT2D eigenvalue weighted by atomic mass is 19.4. The number of carbonyl (C=O) groups is 2. The molecule has 1 N–H and O–H groups in total. The molecule has 206 valence electrons. The van der Waals surface area contributed by atoms with Gasteiger partial charge in [-0.3, -0.25) is 19.6 Å². The highest BCUT2D eigenvalue weighted by molar-refractivity contribution is 6.03. The van der Waals surface area contributed by atoms with E-state index in [1.54, 1.807) is 0 Å². The van der Waals surface area contributed by atoms with Gasteiger partial charge in [0, 0.05) is 41.9 Å². The van der Waals surface area contributed by atoms with Crippen LogP contribution >= 0.6 is 0 Å². The minimum Gasteiger partial charge on any atom is -0.352 e. The lowest BCUT2D eigenvalue weighted by Crippen LogP contribution is -2.24. The quantitative estimate of drug-likeness (QED) is 0.166. The zero-order valence-corrected chi connectivity index (χ0v) is 22.2. The van der Waals surface area contributed by atoms with Crippen LogP contribution in [-0.4, -0.2) is 28.2 Å². The van der Waals surface area contributed by atoms with E-state index in [1.807, 2.05) is 37.3 Å². The van der Waals surface area contributed by atoms with Crippen LogP contribution in [0.15, 0.2) is 67.0 Å². The number of hydrogen-bond donors (Lipinski definition) is 1. The van der Waals surface area contributed by atoms with Gasteiger partial charge in [0.1, 0.15) is 0 Å². The summed E-state index contributed by atoms with van der Waals surface area (Å²) in [4.78, 5) is 34.2. The van der Waals surface area contributed by atoms with Crippen LogP contribution < -0.4 is 5.32 Å². The van der Waals surface area contributed by atoms with Crippen molar-refractivity contribution in [2.75, 3.05) is 6.54 Å². The minimum absolute atomic E-state index is 0.0409. The summed E-state index contributed by atoms with van der Waals surface area (Å²) in [6, 6.07) is 14.9. The number of ketones is 1. The highest BCUT2D eigenvalue weighted by Gasteiger charge is 2.35. The highest BCUT2D eigenvalue weighted by Crippen LogP contribution is 2.40. The molecule has 1 fully saturated rings. The molecular weight excluding hydrogens is 515 g/mol. The van der Waals surface area contributed by atoms with Gasteiger partial charge in [0.15, 0.2) is 5.78 Å². The van der Waals surface area contributed by atoms with Gasteiger partial charge < -0.3 is 5.32 Å². The van der Waals surface area contributed by atoms with E-state index in [4.69, 9.17) is 0 Å². The Morgan fingerprint density at radius 2 is 1.77 bits per heavy atom. The van der Waals surface area contributed by atoms with Gasteiger partial charge in [-0.15, -0.1) is 0 Å². The molecule has 1 aliphatic carbocycles. The number of benzene rings is 2. The third kappa shape index (κ3) is 6.22. The maximum atomic E-state index is 14.3. The predicted molar refractivity (Wildman–Crippen MR) is 148 cm³/mol. The number of unbranched alkanes of at least 4 members (excludes halogenated alkanes) is 1. The lowest BCUT2D eigenvalue weighted by atomic mass is 9.90. The Bertz CT molecular complexity index is 1530. The first-order valence-electron chi connectivity index (χ1n) is 13.6. The van der Waals surface area contributed by atoms with E-state index in [-0.39, 0.29) is 34.0 Å². The Hall–Kier alpha value is -4.07. The fourth-order valence-corrected chi connectivity index (χ4v) is 4.83. The molecule has 0 saturated heterocycles. The molecule has 5 rings (SSSR count). The molecule has 0 atom stereocenters. The smallest absolute Gasteiger partial charge is 0.352 e. The summed E-state index contributed by atoms with van der Waals surface area (Å²) in [5.74, 6) is -0.00566. The molecule has 0 spiro atoms. The molecule has 4 aromatic rings. The second-order valence-corrected chi connectivity index (χ2v) is 10.3. The molecule has 1 aliphatic rings. The standard InChI is InChI=1S/C32H30F3N3O2/c1-2-3-13-36-31(40)22-11-12-28(37-18-22)25-16-24-23(14-20-7-5-4-6-8-20)26(30(39)15-21-9-10-21)19-38-29(24)17-27(25)32(33,34)35/h4-8,11-12,16-19,21H,2-3,9-10,13-15H2,1H3,(H,36,40). The molecule has 0 aliphatic heterocycles. The topological polar surface area (TPSA) is 72.0 Å². The largest absolute Gasteiger partial charge is 0.417 e. The van der Waals surface area contributed by atoms with Gasteiger partial charge in [0.25, 0.3) is 5.91 Å². The van der Waals surface area contributed by atoms with Gasteiger partial charge in [-0.05, 0) is 67.0 Å². The number of halogens is 3. The van der Waals surface area contributed by atoms with E-state index in [0.717, 1.165) is 37.3 Å². The molecule has 2 aromatic carbocycles. The number of pyridine rings is 2. The van der Waals surface area contributed by atoms with Crippen molar-refractivity contribution in [1.82, 2.24) is 15.3 Å². The van der Waals surface area contributed by atoms with Gasteiger partial charge in [0.2, 0.25) is 0 Å². The lowest BCUT2D eigenvalue weighted by Gasteiger charge is -2.17. The summed E-state index contributed by atoms with van der Waals surface area (Å²) in [6.07, 6.45) is 2.61. The number of nitrogens with zero attached hydrogens (tertiary/aromatic N) is 2. The average Bonchev–Trinajstić information content (AvgIpc) is 3.77. The summed E-state index contributed by atoms with van der Waals surface area (Å²) >= 11 is 0. The summed E-state index contributed by atoms with van der Waals surface area (Å²) in [6.45, 7) is 2.52. The molecular formula is C32H30F3N3O2. The van der Waals surface area contributed by atoms with E-state index < -0.39 is 11.7 Å². The molecule has 0 radical (unpaired) electrons. The fourth-order valence-electron chi connectivity index (χ4n) is 4.83. The first-order chi connectivity index (χ1) is 19.2. The van der Waals surface area contributed by atoms with Crippen LogP contribution in [0.1, 0.15) is 76.4 Å². The number of nitrogens with one attached hydrogen (secondary N) is 1. The van der Waals surface area contributed by atoms with Crippen LogP contribution in [0, 0.1) is 5.92 Å². The molecule has 2 heterocycles. The molecule has 1 saturated carbocycles. The molecule has 5 nitrogen and oxygen atoms in total. The van der Waals surface area contributed by atoms with Crippen LogP contribution in [0.3, 0.4) is 0 Å². The molecule has 40 heavy (non-hydrogen) atoms. The summed E-state index contributed by atoms with van der Waals surface area (Å²) < 4.78 is 42.8. The zero-order valence-electron chi connectivity index (χ0n) is 22.2. The lowest BCUT2D eigenvalue weighted by molar-refractivity contribution is -0.137. The molecule has 0 bridgehead atoms. The van der Waals surface area contributed by atoms with E-state index in [9.17, 15) is 22.8 Å². The van der Waals surface area contributed by atoms with Gasteiger partial charge in [-0.25, -0.2) is 0 Å². The van der Waals surface area contributed by atoms with Crippen LogP contribution in [0.25, 0.3) is 22.2 Å². The zero-order chi connectivity index (χ0) is 28.3. The van der Waals surface area contributed by atoms with Gasteiger partial charge in [0.05, 0.1) is 22.3 Å². The van der Waals surface area contributed by atoms with Crippen LogP contribution in [0.4, 0.5) is 13.2 Å². The Morgan fingerprint density at radius 3 is 2.42 bits per heavy atom. The van der Waals surface area contributed by atoms with Crippen LogP contribution in [0.2, 0.25) is 0 Å². The van der Waals surface area contributed by atoms with E-state index >= 15 is 0 Å². The first-order valence-corrected chi connectivity index (χ1v) is 13.6. The van der Waals surface area contributed by atoms with Crippen molar-refractivity contribution in [2.45, 2.75) is 51.6 Å². The number of hydrogen-bond acceptors (Lipinski definition) is 4. The van der Waals surface area contributed by atoms with Gasteiger partial charge in [-0.2, -0.15) is 13.2 Å². The Morgan fingerprint density at radius 1 is 1.00 bits per heavy atom. The molecule has 8 heteroatoms. The fraction of sp³-hybridized carbons (Fsp3) is 0.312. The van der Waals surface area contributed by atoms with Crippen molar-refractivity contribution in [3.63, 3.8) is 0 Å². The Kier molecular flexibility index (Phi) is 7.96. The summed E-state index contributed by atoms with van der Waals surface area (Å²) in [7, 11) is 0. The van der Waals surface area contributed by atoms with Crippen molar-refractivity contribution in [3.05, 3.63) is 94.8 Å². The van der Waals surface area contributed by atoms with E-state index in [2.05, 4.69) is 15.3 Å². The number of fused-ring (bicyclic) bond motifs is 1. The average molecular weight is 546 g/mol. The number of aromatic nitrogens is 2. The predicted octanol–water partition coefficient (Wildman–Crippen LogP) is 7.42. The third-order valence-corrected chi connectivity index (χ3v) is 7.24. The first kappa shape index (κ1) is 27.5. The second-order valence-electron chi connectivity index (χ2n) is 10.3. The maximum Gasteiger partial charge on any atom is 0.417 e. The summed E-state index contributed by atoms with van der Waals surface area (Å²) in [5, 5.41) is 3.27. The molecule has 1 amide bonds. The maximum absolute atomic E-state index is 14.3. The third-order valence-electron chi connectivity index (χ3n) is 7.24. The monoisotopic (exact) mass is 545 g/mol. The number of rotatable bonds is 10. The SMILES string of the molecule is CCCCNC(=O)c1ccc(-c2cc3c(Cc4ccccc4)c(C(=O)CC4CC4)cnc3cc2C(F)(F)F)nc1. The van der Waals surface area contributed by atoms with Crippen molar-refractivity contribution < 1.29 is 22.8 Å². The van der Waals surface area contributed by atoms with Crippen LogP contribution in [0.5, 0.6) is 0 Å².